The van der Waals surface area contributed by atoms with Crippen LogP contribution in [0.3, 0.4) is 0 Å². The van der Waals surface area contributed by atoms with Crippen molar-refractivity contribution in [2.75, 3.05) is 0 Å². The Bertz CT molecular complexity index is 537. The van der Waals surface area contributed by atoms with Gasteiger partial charge in [-0.1, -0.05) is 18.2 Å². The van der Waals surface area contributed by atoms with E-state index < -0.39 is 15.3 Å². The van der Waals surface area contributed by atoms with Gasteiger partial charge in [-0.3, -0.25) is 0 Å². The number of rotatable bonds is 4. The SMILES string of the molecule is CC(C)S(=O)(=O)NC1CCc2cc(CO)ccc21. The molecule has 2 N–H and O–H groups in total. The normalized spacial score (nSPS) is 19.2. The average Bonchev–Trinajstić information content (AvgIpc) is 2.71. The molecule has 0 heterocycles. The Labute approximate surface area is 108 Å². The first-order valence-electron chi connectivity index (χ1n) is 6.17. The molecule has 0 saturated heterocycles. The predicted octanol–water partition coefficient (Wildman–Crippen LogP) is 1.49. The van der Waals surface area contributed by atoms with E-state index in [1.165, 1.54) is 0 Å². The van der Waals surface area contributed by atoms with E-state index in [4.69, 9.17) is 5.11 Å². The van der Waals surface area contributed by atoms with Gasteiger partial charge < -0.3 is 5.11 Å². The minimum absolute atomic E-state index is 0.0235. The lowest BCUT2D eigenvalue weighted by molar-refractivity contribution is 0.281. The number of aliphatic hydroxyl groups excluding tert-OH is 1. The molecule has 1 aliphatic carbocycles. The third kappa shape index (κ3) is 2.58. The molecular formula is C13H19NO3S. The molecule has 0 amide bonds. The van der Waals surface area contributed by atoms with Gasteiger partial charge in [0, 0.05) is 6.04 Å². The van der Waals surface area contributed by atoms with E-state index in [9.17, 15) is 8.42 Å². The van der Waals surface area contributed by atoms with E-state index in [0.29, 0.717) is 0 Å². The number of aliphatic hydroxyl groups is 1. The zero-order valence-corrected chi connectivity index (χ0v) is 11.5. The van der Waals surface area contributed by atoms with Crippen molar-refractivity contribution in [3.8, 4) is 0 Å². The first kappa shape index (κ1) is 13.5. The quantitative estimate of drug-likeness (QED) is 0.870. The number of fused-ring (bicyclic) bond motifs is 1. The molecule has 4 nitrogen and oxygen atoms in total. The van der Waals surface area contributed by atoms with Gasteiger partial charge in [0.15, 0.2) is 0 Å². The molecule has 1 aliphatic rings. The fourth-order valence-corrected chi connectivity index (χ4v) is 3.14. The Morgan fingerprint density at radius 1 is 1.44 bits per heavy atom. The molecule has 0 bridgehead atoms. The Morgan fingerprint density at radius 3 is 2.78 bits per heavy atom. The van der Waals surface area contributed by atoms with Crippen LogP contribution in [0.1, 0.15) is 43.0 Å². The maximum atomic E-state index is 11.9. The number of hydrogen-bond acceptors (Lipinski definition) is 3. The Balaban J connectivity index is 2.22. The number of nitrogens with one attached hydrogen (secondary N) is 1. The zero-order valence-electron chi connectivity index (χ0n) is 10.7. The van der Waals surface area contributed by atoms with Gasteiger partial charge in [-0.05, 0) is 43.4 Å². The summed E-state index contributed by atoms with van der Waals surface area (Å²) in [6.45, 7) is 3.37. The molecule has 0 fully saturated rings. The minimum atomic E-state index is -3.24. The minimum Gasteiger partial charge on any atom is -0.392 e. The second-order valence-corrected chi connectivity index (χ2v) is 7.26. The lowest BCUT2D eigenvalue weighted by Gasteiger charge is -2.16. The third-order valence-electron chi connectivity index (χ3n) is 3.39. The summed E-state index contributed by atoms with van der Waals surface area (Å²) in [6, 6.07) is 5.60. The van der Waals surface area contributed by atoms with Gasteiger partial charge in [-0.25, -0.2) is 13.1 Å². The van der Waals surface area contributed by atoms with Crippen molar-refractivity contribution in [3.05, 3.63) is 34.9 Å². The predicted molar refractivity (Wildman–Crippen MR) is 70.6 cm³/mol. The van der Waals surface area contributed by atoms with E-state index in [1.807, 2.05) is 18.2 Å². The molecule has 2 rings (SSSR count). The monoisotopic (exact) mass is 269 g/mol. The Hall–Kier alpha value is -0.910. The molecule has 1 aromatic rings. The van der Waals surface area contributed by atoms with Crippen molar-refractivity contribution in [2.45, 2.75) is 44.6 Å². The Morgan fingerprint density at radius 2 is 2.17 bits per heavy atom. The van der Waals surface area contributed by atoms with Gasteiger partial charge in [0.25, 0.3) is 0 Å². The lowest BCUT2D eigenvalue weighted by Crippen LogP contribution is -2.33. The average molecular weight is 269 g/mol. The molecule has 18 heavy (non-hydrogen) atoms. The van der Waals surface area contributed by atoms with Gasteiger partial charge in [0.05, 0.1) is 11.9 Å². The molecule has 0 radical (unpaired) electrons. The highest BCUT2D eigenvalue weighted by Gasteiger charge is 2.27. The summed E-state index contributed by atoms with van der Waals surface area (Å²) in [4.78, 5) is 0. The molecule has 0 aliphatic heterocycles. The van der Waals surface area contributed by atoms with Crippen molar-refractivity contribution < 1.29 is 13.5 Å². The zero-order chi connectivity index (χ0) is 13.3. The summed E-state index contributed by atoms with van der Waals surface area (Å²) >= 11 is 0. The van der Waals surface area contributed by atoms with Crippen molar-refractivity contribution >= 4 is 10.0 Å². The summed E-state index contributed by atoms with van der Waals surface area (Å²) in [6.07, 6.45) is 1.64. The maximum absolute atomic E-state index is 11.9. The van der Waals surface area contributed by atoms with Crippen molar-refractivity contribution in [2.24, 2.45) is 0 Å². The molecule has 100 valence electrons. The van der Waals surface area contributed by atoms with Crippen molar-refractivity contribution in [3.63, 3.8) is 0 Å². The summed E-state index contributed by atoms with van der Waals surface area (Å²) in [5, 5.41) is 8.66. The highest BCUT2D eigenvalue weighted by molar-refractivity contribution is 7.90. The molecule has 5 heteroatoms. The van der Waals surface area contributed by atoms with Crippen molar-refractivity contribution in [1.82, 2.24) is 4.72 Å². The number of sulfonamides is 1. The first-order chi connectivity index (χ1) is 8.44. The molecular weight excluding hydrogens is 250 g/mol. The molecule has 0 spiro atoms. The molecule has 1 aromatic carbocycles. The van der Waals surface area contributed by atoms with Crippen LogP contribution < -0.4 is 4.72 Å². The van der Waals surface area contributed by atoms with Crippen LogP contribution in [0.25, 0.3) is 0 Å². The largest absolute Gasteiger partial charge is 0.392 e. The topological polar surface area (TPSA) is 66.4 Å². The second kappa shape index (κ2) is 4.99. The van der Waals surface area contributed by atoms with Crippen LogP contribution in [0.2, 0.25) is 0 Å². The number of aryl methyl sites for hydroxylation is 1. The van der Waals surface area contributed by atoms with Gasteiger partial charge in [-0.2, -0.15) is 0 Å². The molecule has 0 aromatic heterocycles. The van der Waals surface area contributed by atoms with Gasteiger partial charge in [0.1, 0.15) is 0 Å². The fraction of sp³-hybridized carbons (Fsp3) is 0.538. The highest BCUT2D eigenvalue weighted by atomic mass is 32.2. The standard InChI is InChI=1S/C13H19NO3S/c1-9(2)18(16,17)14-13-6-4-11-7-10(8-15)3-5-12(11)13/h3,5,7,9,13-15H,4,6,8H2,1-2H3. The van der Waals surface area contributed by atoms with Crippen LogP contribution in [0.4, 0.5) is 0 Å². The lowest BCUT2D eigenvalue weighted by atomic mass is 10.1. The van der Waals surface area contributed by atoms with Gasteiger partial charge >= 0.3 is 0 Å². The summed E-state index contributed by atoms with van der Waals surface area (Å²) in [7, 11) is -3.24. The van der Waals surface area contributed by atoms with E-state index in [2.05, 4.69) is 4.72 Å². The fourth-order valence-electron chi connectivity index (χ4n) is 2.23. The molecule has 1 unspecified atom stereocenters. The van der Waals surface area contributed by atoms with E-state index >= 15 is 0 Å². The highest BCUT2D eigenvalue weighted by Crippen LogP contribution is 2.32. The van der Waals surface area contributed by atoms with E-state index in [1.54, 1.807) is 13.8 Å². The summed E-state index contributed by atoms with van der Waals surface area (Å²) < 4.78 is 26.5. The smallest absolute Gasteiger partial charge is 0.214 e. The number of benzene rings is 1. The first-order valence-corrected chi connectivity index (χ1v) is 7.72. The maximum Gasteiger partial charge on any atom is 0.214 e. The number of hydrogen-bond donors (Lipinski definition) is 2. The van der Waals surface area contributed by atoms with E-state index in [0.717, 1.165) is 29.5 Å². The Kier molecular flexibility index (Phi) is 3.75. The molecule has 0 saturated carbocycles. The third-order valence-corrected chi connectivity index (χ3v) is 5.25. The van der Waals surface area contributed by atoms with Crippen LogP contribution in [-0.4, -0.2) is 18.8 Å². The molecule has 1 atom stereocenters. The summed E-state index contributed by atoms with van der Waals surface area (Å²) in [5.41, 5.74) is 3.05. The second-order valence-electron chi connectivity index (χ2n) is 4.99. The van der Waals surface area contributed by atoms with Crippen LogP contribution in [-0.2, 0) is 23.1 Å². The van der Waals surface area contributed by atoms with Crippen molar-refractivity contribution in [1.29, 1.82) is 0 Å². The van der Waals surface area contributed by atoms with Gasteiger partial charge in [-0.15, -0.1) is 0 Å². The summed E-state index contributed by atoms with van der Waals surface area (Å²) in [5.74, 6) is 0. The van der Waals surface area contributed by atoms with Crippen LogP contribution >= 0.6 is 0 Å². The van der Waals surface area contributed by atoms with Gasteiger partial charge in [0.2, 0.25) is 10.0 Å². The van der Waals surface area contributed by atoms with E-state index in [-0.39, 0.29) is 12.6 Å². The van der Waals surface area contributed by atoms with Crippen LogP contribution in [0, 0.1) is 0 Å². The van der Waals surface area contributed by atoms with Crippen LogP contribution in [0.5, 0.6) is 0 Å². The van der Waals surface area contributed by atoms with Crippen LogP contribution in [0.15, 0.2) is 18.2 Å².